The predicted octanol–water partition coefficient (Wildman–Crippen LogP) is 2.03. The number of hydrogen-bond donors (Lipinski definition) is 0. The largest absolute Gasteiger partial charge is 0.298 e. The zero-order chi connectivity index (χ0) is 15.6. The van der Waals surface area contributed by atoms with E-state index in [1.54, 1.807) is 0 Å². The van der Waals surface area contributed by atoms with Crippen LogP contribution in [0, 0.1) is 5.82 Å². The molecule has 2 saturated heterocycles. The molecule has 1 unspecified atom stereocenters. The van der Waals surface area contributed by atoms with Gasteiger partial charge in [-0.3, -0.25) is 4.90 Å². The lowest BCUT2D eigenvalue weighted by Gasteiger charge is -2.26. The van der Waals surface area contributed by atoms with Gasteiger partial charge < -0.3 is 0 Å². The van der Waals surface area contributed by atoms with Crippen molar-refractivity contribution in [1.82, 2.24) is 9.21 Å². The van der Waals surface area contributed by atoms with E-state index in [1.165, 1.54) is 34.7 Å². The van der Waals surface area contributed by atoms with Crippen LogP contribution in [0.1, 0.15) is 12.8 Å². The lowest BCUT2D eigenvalue weighted by Crippen LogP contribution is -2.39. The maximum absolute atomic E-state index is 13.3. The summed E-state index contributed by atoms with van der Waals surface area (Å²) < 4.78 is 40.1. The summed E-state index contributed by atoms with van der Waals surface area (Å²) in [4.78, 5) is 2.47. The van der Waals surface area contributed by atoms with Crippen molar-refractivity contribution < 1.29 is 12.8 Å². The molecule has 0 spiro atoms. The maximum atomic E-state index is 13.3. The number of rotatable bonds is 3. The molecule has 0 saturated carbocycles. The predicted molar refractivity (Wildman–Crippen MR) is 87.1 cm³/mol. The van der Waals surface area contributed by atoms with Gasteiger partial charge in [0, 0.05) is 31.4 Å². The number of thioether (sulfide) groups is 1. The van der Waals surface area contributed by atoms with E-state index >= 15 is 0 Å². The SMILES string of the molecule is O=S(=O)(c1cccc(F)c1)N1CCCN(C2CCSC2)CC1. The summed E-state index contributed by atoms with van der Waals surface area (Å²) in [6.45, 7) is 2.70. The average molecular weight is 344 g/mol. The molecule has 0 amide bonds. The van der Waals surface area contributed by atoms with Crippen LogP contribution in [0.2, 0.25) is 0 Å². The third-order valence-corrected chi connectivity index (χ3v) is 7.38. The van der Waals surface area contributed by atoms with Crippen LogP contribution in [0.15, 0.2) is 29.2 Å². The molecule has 0 aromatic heterocycles. The van der Waals surface area contributed by atoms with Crippen LogP contribution in [0.25, 0.3) is 0 Å². The Kier molecular flexibility index (Phi) is 5.07. The molecule has 0 aliphatic carbocycles. The minimum atomic E-state index is -3.59. The van der Waals surface area contributed by atoms with E-state index in [4.69, 9.17) is 0 Å². The monoisotopic (exact) mass is 344 g/mol. The van der Waals surface area contributed by atoms with Crippen molar-refractivity contribution in [3.8, 4) is 0 Å². The minimum Gasteiger partial charge on any atom is -0.298 e. The highest BCUT2D eigenvalue weighted by Crippen LogP contribution is 2.24. The van der Waals surface area contributed by atoms with Crippen LogP contribution in [-0.2, 0) is 10.0 Å². The molecule has 2 aliphatic heterocycles. The first-order valence-corrected chi connectivity index (χ1v) is 10.2. The van der Waals surface area contributed by atoms with Gasteiger partial charge in [-0.05, 0) is 43.3 Å². The standard InChI is InChI=1S/C15H21FN2O2S2/c16-13-3-1-4-15(11-13)22(19,20)18-7-2-6-17(8-9-18)14-5-10-21-12-14/h1,3-4,11,14H,2,5-10,12H2. The Bertz CT molecular complexity index is 618. The van der Waals surface area contributed by atoms with Crippen LogP contribution in [0.4, 0.5) is 4.39 Å². The number of benzene rings is 1. The van der Waals surface area contributed by atoms with E-state index in [0.717, 1.165) is 31.3 Å². The summed E-state index contributed by atoms with van der Waals surface area (Å²) in [5.41, 5.74) is 0. The molecule has 4 nitrogen and oxygen atoms in total. The van der Waals surface area contributed by atoms with Crippen LogP contribution in [-0.4, -0.2) is 61.3 Å². The zero-order valence-electron chi connectivity index (χ0n) is 12.4. The van der Waals surface area contributed by atoms with Crippen LogP contribution in [0.3, 0.4) is 0 Å². The second-order valence-electron chi connectivity index (χ2n) is 5.77. The van der Waals surface area contributed by atoms with Gasteiger partial charge in [0.25, 0.3) is 0 Å². The number of sulfonamides is 1. The third-order valence-electron chi connectivity index (χ3n) is 4.35. The van der Waals surface area contributed by atoms with Gasteiger partial charge in [0.15, 0.2) is 0 Å². The van der Waals surface area contributed by atoms with Crippen molar-refractivity contribution in [2.75, 3.05) is 37.7 Å². The van der Waals surface area contributed by atoms with Gasteiger partial charge in [-0.15, -0.1) is 0 Å². The molecule has 2 heterocycles. The van der Waals surface area contributed by atoms with Gasteiger partial charge in [0.1, 0.15) is 5.82 Å². The molecule has 7 heteroatoms. The molecule has 2 fully saturated rings. The fourth-order valence-electron chi connectivity index (χ4n) is 3.11. The lowest BCUT2D eigenvalue weighted by atomic mass is 10.2. The van der Waals surface area contributed by atoms with Crippen molar-refractivity contribution in [2.24, 2.45) is 0 Å². The second kappa shape index (κ2) is 6.86. The Morgan fingerprint density at radius 3 is 2.77 bits per heavy atom. The molecule has 1 aromatic rings. The fourth-order valence-corrected chi connectivity index (χ4v) is 5.86. The first-order chi connectivity index (χ1) is 10.6. The number of nitrogens with zero attached hydrogens (tertiary/aromatic N) is 2. The highest BCUT2D eigenvalue weighted by atomic mass is 32.2. The topological polar surface area (TPSA) is 40.6 Å². The minimum absolute atomic E-state index is 0.0531. The molecule has 122 valence electrons. The van der Waals surface area contributed by atoms with Crippen LogP contribution in [0.5, 0.6) is 0 Å². The van der Waals surface area contributed by atoms with Crippen molar-refractivity contribution in [3.05, 3.63) is 30.1 Å². The van der Waals surface area contributed by atoms with E-state index in [9.17, 15) is 12.8 Å². The molecule has 0 bridgehead atoms. The molecule has 0 N–H and O–H groups in total. The van der Waals surface area contributed by atoms with E-state index in [2.05, 4.69) is 4.90 Å². The van der Waals surface area contributed by atoms with Gasteiger partial charge >= 0.3 is 0 Å². The summed E-state index contributed by atoms with van der Waals surface area (Å²) >= 11 is 1.97. The van der Waals surface area contributed by atoms with E-state index in [-0.39, 0.29) is 4.90 Å². The van der Waals surface area contributed by atoms with E-state index in [0.29, 0.717) is 19.1 Å². The maximum Gasteiger partial charge on any atom is 0.243 e. The quantitative estimate of drug-likeness (QED) is 0.841. The van der Waals surface area contributed by atoms with Crippen LogP contribution < -0.4 is 0 Å². The molecule has 22 heavy (non-hydrogen) atoms. The highest BCUT2D eigenvalue weighted by Gasteiger charge is 2.30. The summed E-state index contributed by atoms with van der Waals surface area (Å²) in [6.07, 6.45) is 2.02. The molecule has 3 rings (SSSR count). The lowest BCUT2D eigenvalue weighted by molar-refractivity contribution is 0.223. The van der Waals surface area contributed by atoms with Gasteiger partial charge in [0.05, 0.1) is 4.90 Å². The van der Waals surface area contributed by atoms with Crippen molar-refractivity contribution >= 4 is 21.8 Å². The second-order valence-corrected chi connectivity index (χ2v) is 8.86. The Balaban J connectivity index is 1.72. The van der Waals surface area contributed by atoms with Crippen molar-refractivity contribution in [1.29, 1.82) is 0 Å². The smallest absolute Gasteiger partial charge is 0.243 e. The van der Waals surface area contributed by atoms with Gasteiger partial charge in [-0.1, -0.05) is 6.07 Å². The summed E-state index contributed by atoms with van der Waals surface area (Å²) in [7, 11) is -3.59. The Morgan fingerprint density at radius 1 is 1.18 bits per heavy atom. The van der Waals surface area contributed by atoms with Crippen molar-refractivity contribution in [2.45, 2.75) is 23.8 Å². The molecule has 0 radical (unpaired) electrons. The summed E-state index contributed by atoms with van der Waals surface area (Å²) in [5, 5.41) is 0. The Morgan fingerprint density at radius 2 is 2.05 bits per heavy atom. The third kappa shape index (κ3) is 3.48. The Labute approximate surface area is 135 Å². The van der Waals surface area contributed by atoms with Gasteiger partial charge in [-0.2, -0.15) is 16.1 Å². The Hall–Kier alpha value is -0.630. The summed E-state index contributed by atoms with van der Waals surface area (Å²) in [6, 6.07) is 5.87. The van der Waals surface area contributed by atoms with Gasteiger partial charge in [0.2, 0.25) is 10.0 Å². The molecular weight excluding hydrogens is 323 g/mol. The van der Waals surface area contributed by atoms with Crippen molar-refractivity contribution in [3.63, 3.8) is 0 Å². The highest BCUT2D eigenvalue weighted by molar-refractivity contribution is 7.99. The van der Waals surface area contributed by atoms with Crippen LogP contribution >= 0.6 is 11.8 Å². The normalized spacial score (nSPS) is 25.2. The van der Waals surface area contributed by atoms with E-state index < -0.39 is 15.8 Å². The average Bonchev–Trinajstić information content (AvgIpc) is 2.91. The zero-order valence-corrected chi connectivity index (χ0v) is 14.1. The molecular formula is C15H21FN2O2S2. The van der Waals surface area contributed by atoms with Gasteiger partial charge in [-0.25, -0.2) is 12.8 Å². The first-order valence-electron chi connectivity index (χ1n) is 7.65. The molecule has 1 atom stereocenters. The molecule has 2 aliphatic rings. The fraction of sp³-hybridized carbons (Fsp3) is 0.600. The summed E-state index contributed by atoms with van der Waals surface area (Å²) in [5.74, 6) is 1.84. The first kappa shape index (κ1) is 16.2. The number of hydrogen-bond acceptors (Lipinski definition) is 4. The molecule has 1 aromatic carbocycles. The number of halogens is 1. The van der Waals surface area contributed by atoms with E-state index in [1.807, 2.05) is 11.8 Å².